The number of esters is 1. The monoisotopic (exact) mass is 307 g/mol. The summed E-state index contributed by atoms with van der Waals surface area (Å²) in [7, 11) is 0. The number of aryl methyl sites for hydroxylation is 1. The fraction of sp³-hybridized carbons (Fsp3) is 0.312. The molecule has 0 bridgehead atoms. The van der Waals surface area contributed by atoms with Crippen LogP contribution < -0.4 is 5.73 Å². The van der Waals surface area contributed by atoms with Crippen LogP contribution in [0.2, 0.25) is 0 Å². The van der Waals surface area contributed by atoms with Gasteiger partial charge in [-0.15, -0.1) is 11.3 Å². The summed E-state index contributed by atoms with van der Waals surface area (Å²) in [5, 5.41) is 0. The fourth-order valence-corrected chi connectivity index (χ4v) is 3.44. The van der Waals surface area contributed by atoms with E-state index in [-0.39, 0.29) is 12.4 Å². The third-order valence-corrected chi connectivity index (χ3v) is 4.56. The molecule has 3 nitrogen and oxygen atoms in total. The minimum absolute atomic E-state index is 0.274. The molecule has 5 heteroatoms. The molecule has 1 heterocycles. The van der Waals surface area contributed by atoms with Gasteiger partial charge < -0.3 is 10.5 Å². The second-order valence-electron chi connectivity index (χ2n) is 4.66. The minimum atomic E-state index is -0.450. The van der Waals surface area contributed by atoms with Crippen molar-refractivity contribution >= 4 is 23.0 Å². The van der Waals surface area contributed by atoms with Crippen molar-refractivity contribution in [1.29, 1.82) is 0 Å². The molecule has 0 atom stereocenters. The van der Waals surface area contributed by atoms with Crippen LogP contribution in [-0.2, 0) is 11.2 Å². The molecular formula is C16H18FNO2S. The lowest BCUT2D eigenvalue weighted by atomic mass is 10.0. The summed E-state index contributed by atoms with van der Waals surface area (Å²) in [6, 6.07) is 5.22. The van der Waals surface area contributed by atoms with Crippen LogP contribution in [0.5, 0.6) is 0 Å². The van der Waals surface area contributed by atoms with Crippen LogP contribution in [0.15, 0.2) is 18.2 Å². The topological polar surface area (TPSA) is 52.3 Å². The van der Waals surface area contributed by atoms with E-state index in [1.807, 2.05) is 6.92 Å². The number of hydrogen-bond acceptors (Lipinski definition) is 4. The lowest BCUT2D eigenvalue weighted by Crippen LogP contribution is -2.05. The molecule has 0 aliphatic heterocycles. The van der Waals surface area contributed by atoms with Gasteiger partial charge in [0.2, 0.25) is 0 Å². The zero-order valence-electron chi connectivity index (χ0n) is 12.3. The van der Waals surface area contributed by atoms with Gasteiger partial charge in [0, 0.05) is 10.4 Å². The molecule has 0 amide bonds. The average Bonchev–Trinajstić information content (AvgIpc) is 2.79. The molecule has 0 aliphatic rings. The van der Waals surface area contributed by atoms with Crippen LogP contribution in [0.25, 0.3) is 10.4 Å². The second kappa shape index (κ2) is 6.26. The van der Waals surface area contributed by atoms with Crippen molar-refractivity contribution in [3.8, 4) is 10.4 Å². The van der Waals surface area contributed by atoms with E-state index in [0.717, 1.165) is 5.56 Å². The Bertz CT molecular complexity index is 679. The molecule has 0 unspecified atom stereocenters. The molecule has 0 saturated heterocycles. The molecule has 2 aromatic rings. The lowest BCUT2D eigenvalue weighted by Gasteiger charge is -2.06. The summed E-state index contributed by atoms with van der Waals surface area (Å²) in [6.07, 6.45) is 0.629. The van der Waals surface area contributed by atoms with Crippen molar-refractivity contribution in [3.05, 3.63) is 40.0 Å². The molecule has 112 valence electrons. The SMILES string of the molecule is CCOC(=O)c1sc(-c2cccc(C)c2F)c(CC)c1N. The summed E-state index contributed by atoms with van der Waals surface area (Å²) < 4.78 is 19.4. The quantitative estimate of drug-likeness (QED) is 0.862. The minimum Gasteiger partial charge on any atom is -0.462 e. The number of benzene rings is 1. The Balaban J connectivity index is 2.61. The van der Waals surface area contributed by atoms with Gasteiger partial charge in [-0.3, -0.25) is 0 Å². The van der Waals surface area contributed by atoms with Gasteiger partial charge in [-0.05, 0) is 31.4 Å². The maximum Gasteiger partial charge on any atom is 0.350 e. The maximum atomic E-state index is 14.3. The van der Waals surface area contributed by atoms with Crippen molar-refractivity contribution in [3.63, 3.8) is 0 Å². The van der Waals surface area contributed by atoms with Crippen LogP contribution in [0.3, 0.4) is 0 Å². The molecule has 2 N–H and O–H groups in total. The first-order chi connectivity index (χ1) is 10.0. The number of thiophene rings is 1. The van der Waals surface area contributed by atoms with Crippen LogP contribution in [-0.4, -0.2) is 12.6 Å². The predicted octanol–water partition coefficient (Wildman–Crippen LogP) is 4.18. The number of anilines is 1. The Labute approximate surface area is 127 Å². The number of hydrogen-bond donors (Lipinski definition) is 1. The highest BCUT2D eigenvalue weighted by atomic mass is 32.1. The smallest absolute Gasteiger partial charge is 0.350 e. The van der Waals surface area contributed by atoms with Crippen molar-refractivity contribution < 1.29 is 13.9 Å². The van der Waals surface area contributed by atoms with E-state index in [1.54, 1.807) is 32.0 Å². The van der Waals surface area contributed by atoms with Crippen molar-refractivity contribution in [2.75, 3.05) is 12.3 Å². The van der Waals surface area contributed by atoms with Gasteiger partial charge in [0.05, 0.1) is 12.3 Å². The van der Waals surface area contributed by atoms with Crippen LogP contribution in [0.1, 0.15) is 34.6 Å². The summed E-state index contributed by atoms with van der Waals surface area (Å²) in [5.41, 5.74) is 8.31. The second-order valence-corrected chi connectivity index (χ2v) is 5.68. The number of nitrogen functional groups attached to an aromatic ring is 1. The van der Waals surface area contributed by atoms with E-state index < -0.39 is 5.97 Å². The van der Waals surface area contributed by atoms with E-state index >= 15 is 0 Å². The van der Waals surface area contributed by atoms with Crippen LogP contribution >= 0.6 is 11.3 Å². The first-order valence-electron chi connectivity index (χ1n) is 6.84. The van der Waals surface area contributed by atoms with Crippen LogP contribution in [0.4, 0.5) is 10.1 Å². The van der Waals surface area contributed by atoms with E-state index in [4.69, 9.17) is 10.5 Å². The Kier molecular flexibility index (Phi) is 4.63. The van der Waals surface area contributed by atoms with Gasteiger partial charge in [0.25, 0.3) is 0 Å². The number of ether oxygens (including phenoxy) is 1. The third kappa shape index (κ3) is 2.78. The molecule has 1 aromatic heterocycles. The number of carbonyl (C=O) groups excluding carboxylic acids is 1. The molecule has 0 aliphatic carbocycles. The molecule has 2 rings (SSSR count). The van der Waals surface area contributed by atoms with Gasteiger partial charge in [0.15, 0.2) is 0 Å². The highest BCUT2D eigenvalue weighted by molar-refractivity contribution is 7.18. The van der Waals surface area contributed by atoms with Gasteiger partial charge in [-0.2, -0.15) is 0 Å². The van der Waals surface area contributed by atoms with Gasteiger partial charge in [-0.1, -0.05) is 25.1 Å². The largest absolute Gasteiger partial charge is 0.462 e. The number of nitrogens with two attached hydrogens (primary N) is 1. The fourth-order valence-electron chi connectivity index (χ4n) is 2.22. The third-order valence-electron chi connectivity index (χ3n) is 3.30. The molecule has 0 fully saturated rings. The Morgan fingerprint density at radius 3 is 2.71 bits per heavy atom. The number of carbonyl (C=O) groups is 1. The standard InChI is InChI=1S/C16H18FNO2S/c1-4-10-13(18)15(16(19)20-5-2)21-14(10)11-8-6-7-9(3)12(11)17/h6-8H,4-5,18H2,1-3H3. The predicted molar refractivity (Wildman–Crippen MR) is 84.2 cm³/mol. The van der Waals surface area contributed by atoms with Crippen molar-refractivity contribution in [2.24, 2.45) is 0 Å². The molecule has 0 spiro atoms. The van der Waals surface area contributed by atoms with Gasteiger partial charge >= 0.3 is 5.97 Å². The first kappa shape index (κ1) is 15.5. The maximum absolute atomic E-state index is 14.3. The summed E-state index contributed by atoms with van der Waals surface area (Å²) in [5.74, 6) is -0.724. The van der Waals surface area contributed by atoms with E-state index in [1.165, 1.54) is 11.3 Å². The van der Waals surface area contributed by atoms with E-state index in [0.29, 0.717) is 33.0 Å². The molecule has 21 heavy (non-hydrogen) atoms. The first-order valence-corrected chi connectivity index (χ1v) is 7.66. The zero-order chi connectivity index (χ0) is 15.6. The summed E-state index contributed by atoms with van der Waals surface area (Å²) in [6.45, 7) is 5.67. The highest BCUT2D eigenvalue weighted by Gasteiger charge is 2.23. The molecule has 1 aromatic carbocycles. The number of halogens is 1. The van der Waals surface area contributed by atoms with Gasteiger partial charge in [0.1, 0.15) is 10.7 Å². The molecule has 0 saturated carbocycles. The van der Waals surface area contributed by atoms with Gasteiger partial charge in [-0.25, -0.2) is 9.18 Å². The lowest BCUT2D eigenvalue weighted by molar-refractivity contribution is 0.0533. The highest BCUT2D eigenvalue weighted by Crippen LogP contribution is 2.40. The average molecular weight is 307 g/mol. The Morgan fingerprint density at radius 2 is 2.10 bits per heavy atom. The summed E-state index contributed by atoms with van der Waals surface area (Å²) in [4.78, 5) is 13.0. The number of rotatable bonds is 4. The van der Waals surface area contributed by atoms with E-state index in [2.05, 4.69) is 0 Å². The van der Waals surface area contributed by atoms with E-state index in [9.17, 15) is 9.18 Å². The normalized spacial score (nSPS) is 10.7. The molecular weight excluding hydrogens is 289 g/mol. The summed E-state index contributed by atoms with van der Waals surface area (Å²) >= 11 is 1.20. The van der Waals surface area contributed by atoms with Crippen LogP contribution in [0, 0.1) is 12.7 Å². The Morgan fingerprint density at radius 1 is 1.38 bits per heavy atom. The van der Waals surface area contributed by atoms with Crippen molar-refractivity contribution in [2.45, 2.75) is 27.2 Å². The zero-order valence-corrected chi connectivity index (χ0v) is 13.1. The van der Waals surface area contributed by atoms with Crippen molar-refractivity contribution in [1.82, 2.24) is 0 Å². The Hall–Kier alpha value is -1.88. The molecule has 0 radical (unpaired) electrons.